The van der Waals surface area contributed by atoms with E-state index >= 15 is 0 Å². The summed E-state index contributed by atoms with van der Waals surface area (Å²) in [6, 6.07) is 13.3. The van der Waals surface area contributed by atoms with Gasteiger partial charge in [-0.05, 0) is 36.4 Å². The van der Waals surface area contributed by atoms with Crippen molar-refractivity contribution in [3.05, 3.63) is 53.8 Å². The zero-order valence-electron chi connectivity index (χ0n) is 9.34. The maximum atomic E-state index is 5.68. The Kier molecular flexibility index (Phi) is 2.78. The molecule has 1 aromatic carbocycles. The van der Waals surface area contributed by atoms with Crippen molar-refractivity contribution < 1.29 is 0 Å². The molecule has 4 nitrogen and oxygen atoms in total. The van der Waals surface area contributed by atoms with Gasteiger partial charge in [0.05, 0.1) is 5.52 Å². The summed E-state index contributed by atoms with van der Waals surface area (Å²) in [4.78, 5) is 4.27. The lowest BCUT2D eigenvalue weighted by atomic mass is 10.2. The molecule has 3 aromatic rings. The molecular weight excluding hydrogens is 248 g/mol. The van der Waals surface area contributed by atoms with Crippen LogP contribution < -0.4 is 5.32 Å². The molecule has 1 N–H and O–H groups in total. The molecule has 18 heavy (non-hydrogen) atoms. The van der Waals surface area contributed by atoms with Gasteiger partial charge in [-0.2, -0.15) is 0 Å². The molecule has 0 fully saturated rings. The minimum atomic E-state index is 0.378. The summed E-state index contributed by atoms with van der Waals surface area (Å²) < 4.78 is 0. The second-order valence-electron chi connectivity index (χ2n) is 3.78. The van der Waals surface area contributed by atoms with Crippen molar-refractivity contribution in [3.63, 3.8) is 0 Å². The van der Waals surface area contributed by atoms with Crippen LogP contribution in [0.25, 0.3) is 10.9 Å². The lowest BCUT2D eigenvalue weighted by molar-refractivity contribution is 1.04. The second-order valence-corrected chi connectivity index (χ2v) is 4.16. The van der Waals surface area contributed by atoms with Crippen LogP contribution in [0, 0.1) is 0 Å². The first-order valence-electron chi connectivity index (χ1n) is 5.42. The summed E-state index contributed by atoms with van der Waals surface area (Å²) in [5, 5.41) is 12.3. The topological polar surface area (TPSA) is 50.7 Å². The lowest BCUT2D eigenvalue weighted by Gasteiger charge is -2.05. The molecule has 0 radical (unpaired) electrons. The van der Waals surface area contributed by atoms with Crippen molar-refractivity contribution in [2.24, 2.45) is 0 Å². The van der Waals surface area contributed by atoms with Gasteiger partial charge in [0.1, 0.15) is 0 Å². The third-order valence-electron chi connectivity index (χ3n) is 2.51. The monoisotopic (exact) mass is 256 g/mol. The van der Waals surface area contributed by atoms with E-state index in [9.17, 15) is 0 Å². The first-order valence-corrected chi connectivity index (χ1v) is 5.80. The van der Waals surface area contributed by atoms with Crippen molar-refractivity contribution in [1.29, 1.82) is 0 Å². The van der Waals surface area contributed by atoms with Crippen LogP contribution >= 0.6 is 11.6 Å². The number of anilines is 2. The molecule has 0 saturated heterocycles. The Morgan fingerprint density at radius 2 is 1.94 bits per heavy atom. The fraction of sp³-hybridized carbons (Fsp3) is 0. The summed E-state index contributed by atoms with van der Waals surface area (Å²) in [5.74, 6) is 0.655. The molecule has 0 aliphatic rings. The first kappa shape index (κ1) is 10.9. The van der Waals surface area contributed by atoms with Crippen LogP contribution in [-0.2, 0) is 0 Å². The average molecular weight is 257 g/mol. The SMILES string of the molecule is Clc1ccc(Nc2ccc3ncccc3c2)nn1. The molecule has 0 spiro atoms. The molecule has 0 saturated carbocycles. The summed E-state index contributed by atoms with van der Waals surface area (Å²) in [7, 11) is 0. The average Bonchev–Trinajstić information content (AvgIpc) is 2.41. The molecular formula is C13H9ClN4. The molecule has 0 bridgehead atoms. The zero-order valence-corrected chi connectivity index (χ0v) is 10.1. The van der Waals surface area contributed by atoms with E-state index < -0.39 is 0 Å². The van der Waals surface area contributed by atoms with Crippen molar-refractivity contribution in [2.75, 3.05) is 5.32 Å². The van der Waals surface area contributed by atoms with Crippen molar-refractivity contribution in [2.45, 2.75) is 0 Å². The number of hydrogen-bond donors (Lipinski definition) is 1. The van der Waals surface area contributed by atoms with Gasteiger partial charge < -0.3 is 5.32 Å². The van der Waals surface area contributed by atoms with E-state index in [-0.39, 0.29) is 0 Å². The van der Waals surface area contributed by atoms with Gasteiger partial charge in [0, 0.05) is 17.3 Å². The first-order chi connectivity index (χ1) is 8.81. The summed E-state index contributed by atoms with van der Waals surface area (Å²) in [6.45, 7) is 0. The van der Waals surface area contributed by atoms with Crippen molar-refractivity contribution >= 4 is 34.0 Å². The number of nitrogens with zero attached hydrogens (tertiary/aromatic N) is 3. The zero-order chi connectivity index (χ0) is 12.4. The highest BCUT2D eigenvalue weighted by Crippen LogP contribution is 2.20. The summed E-state index contributed by atoms with van der Waals surface area (Å²) in [6.07, 6.45) is 1.78. The molecule has 0 amide bonds. The standard InChI is InChI=1S/C13H9ClN4/c14-12-5-6-13(18-17-12)16-10-3-4-11-9(8-10)2-1-7-15-11/h1-8H,(H,16,18). The number of benzene rings is 1. The largest absolute Gasteiger partial charge is 0.339 e. The number of fused-ring (bicyclic) bond motifs is 1. The van der Waals surface area contributed by atoms with Gasteiger partial charge in [-0.25, -0.2) is 0 Å². The third kappa shape index (κ3) is 2.24. The summed E-state index contributed by atoms with van der Waals surface area (Å²) >= 11 is 5.68. The van der Waals surface area contributed by atoms with E-state index in [1.165, 1.54) is 0 Å². The van der Waals surface area contributed by atoms with Gasteiger partial charge >= 0.3 is 0 Å². The van der Waals surface area contributed by atoms with Crippen LogP contribution in [0.2, 0.25) is 5.15 Å². The van der Waals surface area contributed by atoms with Crippen LogP contribution in [0.3, 0.4) is 0 Å². The number of pyridine rings is 1. The van der Waals surface area contributed by atoms with Gasteiger partial charge in [0.2, 0.25) is 0 Å². The Balaban J connectivity index is 1.92. The normalized spacial score (nSPS) is 10.5. The fourth-order valence-corrected chi connectivity index (χ4v) is 1.78. The van der Waals surface area contributed by atoms with E-state index in [1.807, 2.05) is 30.3 Å². The van der Waals surface area contributed by atoms with Gasteiger partial charge in [0.15, 0.2) is 11.0 Å². The van der Waals surface area contributed by atoms with E-state index in [4.69, 9.17) is 11.6 Å². The predicted octanol–water partition coefficient (Wildman–Crippen LogP) is 3.42. The van der Waals surface area contributed by atoms with Gasteiger partial charge in [-0.1, -0.05) is 17.7 Å². The molecule has 88 valence electrons. The fourth-order valence-electron chi connectivity index (χ4n) is 1.68. The highest BCUT2D eigenvalue weighted by Gasteiger charge is 1.99. The number of halogens is 1. The third-order valence-corrected chi connectivity index (χ3v) is 2.71. The molecule has 3 rings (SSSR count). The van der Waals surface area contributed by atoms with Crippen LogP contribution in [0.5, 0.6) is 0 Å². The highest BCUT2D eigenvalue weighted by atomic mass is 35.5. The van der Waals surface area contributed by atoms with E-state index in [0.29, 0.717) is 11.0 Å². The molecule has 0 atom stereocenters. The van der Waals surface area contributed by atoms with Crippen LogP contribution in [0.1, 0.15) is 0 Å². The van der Waals surface area contributed by atoms with Crippen LogP contribution in [-0.4, -0.2) is 15.2 Å². The smallest absolute Gasteiger partial charge is 0.153 e. The second kappa shape index (κ2) is 4.58. The van der Waals surface area contributed by atoms with Crippen molar-refractivity contribution in [1.82, 2.24) is 15.2 Å². The highest BCUT2D eigenvalue weighted by molar-refractivity contribution is 6.29. The predicted molar refractivity (Wildman–Crippen MR) is 72.1 cm³/mol. The number of hydrogen-bond acceptors (Lipinski definition) is 4. The summed E-state index contributed by atoms with van der Waals surface area (Å²) in [5.41, 5.74) is 1.90. The minimum absolute atomic E-state index is 0.378. The number of rotatable bonds is 2. The maximum Gasteiger partial charge on any atom is 0.153 e. The Labute approximate surface area is 109 Å². The number of aromatic nitrogens is 3. The Hall–Kier alpha value is -2.20. The quantitative estimate of drug-likeness (QED) is 0.763. The maximum absolute atomic E-state index is 5.68. The van der Waals surface area contributed by atoms with E-state index in [1.54, 1.807) is 18.3 Å². The molecule has 5 heteroatoms. The number of nitrogens with one attached hydrogen (secondary N) is 1. The molecule has 0 unspecified atom stereocenters. The van der Waals surface area contributed by atoms with Crippen LogP contribution in [0.15, 0.2) is 48.7 Å². The lowest BCUT2D eigenvalue weighted by Crippen LogP contribution is -1.95. The Morgan fingerprint density at radius 3 is 2.78 bits per heavy atom. The molecule has 2 aromatic heterocycles. The molecule has 0 aliphatic carbocycles. The van der Waals surface area contributed by atoms with Gasteiger partial charge in [-0.3, -0.25) is 4.98 Å². The minimum Gasteiger partial charge on any atom is -0.339 e. The van der Waals surface area contributed by atoms with Crippen molar-refractivity contribution in [3.8, 4) is 0 Å². The van der Waals surface area contributed by atoms with Gasteiger partial charge in [-0.15, -0.1) is 10.2 Å². The molecule has 2 heterocycles. The van der Waals surface area contributed by atoms with E-state index in [0.717, 1.165) is 16.6 Å². The Bertz CT molecular complexity index is 682. The van der Waals surface area contributed by atoms with E-state index in [2.05, 4.69) is 20.5 Å². The Morgan fingerprint density at radius 1 is 1.00 bits per heavy atom. The molecule has 0 aliphatic heterocycles. The van der Waals surface area contributed by atoms with Crippen LogP contribution in [0.4, 0.5) is 11.5 Å². The van der Waals surface area contributed by atoms with Gasteiger partial charge in [0.25, 0.3) is 0 Å².